The van der Waals surface area contributed by atoms with E-state index in [1.54, 1.807) is 25.2 Å². The molecule has 6 heteroatoms. The van der Waals surface area contributed by atoms with Crippen LogP contribution in [0.4, 0.5) is 5.69 Å². The summed E-state index contributed by atoms with van der Waals surface area (Å²) in [7, 11) is -1.88. The Bertz CT molecular complexity index is 817. The second-order valence-electron chi connectivity index (χ2n) is 6.04. The number of anilines is 1. The van der Waals surface area contributed by atoms with Crippen LogP contribution in [-0.4, -0.2) is 32.9 Å². The first-order valence-corrected chi connectivity index (χ1v) is 10.3. The Balaban J connectivity index is 1.86. The van der Waals surface area contributed by atoms with Gasteiger partial charge in [-0.1, -0.05) is 40.2 Å². The lowest BCUT2D eigenvalue weighted by Crippen LogP contribution is -2.28. The van der Waals surface area contributed by atoms with E-state index < -0.39 is 10.0 Å². The zero-order valence-corrected chi connectivity index (χ0v) is 16.1. The van der Waals surface area contributed by atoms with Crippen LogP contribution in [-0.2, 0) is 16.6 Å². The van der Waals surface area contributed by atoms with Gasteiger partial charge in [-0.2, -0.15) is 4.31 Å². The van der Waals surface area contributed by atoms with Crippen LogP contribution in [0.3, 0.4) is 0 Å². The Hall–Kier alpha value is -1.37. The van der Waals surface area contributed by atoms with Crippen LogP contribution in [0.25, 0.3) is 0 Å². The molecular formula is C18H21BrN2O2S. The third-order valence-corrected chi connectivity index (χ3v) is 6.63. The van der Waals surface area contributed by atoms with Crippen molar-refractivity contribution >= 4 is 31.6 Å². The normalized spacial score (nSPS) is 15.2. The van der Waals surface area contributed by atoms with Gasteiger partial charge in [0.25, 0.3) is 0 Å². The maximum absolute atomic E-state index is 12.8. The molecule has 3 rings (SSSR count). The second kappa shape index (κ2) is 7.25. The number of benzene rings is 2. The van der Waals surface area contributed by atoms with E-state index in [0.29, 0.717) is 11.4 Å². The fraction of sp³-hybridized carbons (Fsp3) is 0.333. The number of nitrogens with zero attached hydrogens (tertiary/aromatic N) is 2. The summed E-state index contributed by atoms with van der Waals surface area (Å²) in [5.74, 6) is 0. The summed E-state index contributed by atoms with van der Waals surface area (Å²) in [5.41, 5.74) is 2.19. The average molecular weight is 409 g/mol. The average Bonchev–Trinajstić information content (AvgIpc) is 3.09. The molecule has 1 fully saturated rings. The molecule has 0 aromatic heterocycles. The van der Waals surface area contributed by atoms with Gasteiger partial charge in [-0.15, -0.1) is 0 Å². The van der Waals surface area contributed by atoms with Crippen LogP contribution in [0.2, 0.25) is 0 Å². The number of rotatable bonds is 5. The molecule has 0 atom stereocenters. The van der Waals surface area contributed by atoms with E-state index in [4.69, 9.17) is 0 Å². The molecule has 24 heavy (non-hydrogen) atoms. The van der Waals surface area contributed by atoms with Gasteiger partial charge in [0.2, 0.25) is 10.0 Å². The highest BCUT2D eigenvalue weighted by Crippen LogP contribution is 2.27. The summed E-state index contributed by atoms with van der Waals surface area (Å²) in [6, 6.07) is 14.9. The van der Waals surface area contributed by atoms with Gasteiger partial charge in [-0.25, -0.2) is 8.42 Å². The van der Waals surface area contributed by atoms with E-state index in [2.05, 4.69) is 26.9 Å². The highest BCUT2D eigenvalue weighted by molar-refractivity contribution is 9.10. The van der Waals surface area contributed by atoms with Gasteiger partial charge < -0.3 is 4.90 Å². The van der Waals surface area contributed by atoms with Gasteiger partial charge in [0.15, 0.2) is 0 Å². The van der Waals surface area contributed by atoms with Crippen molar-refractivity contribution in [1.82, 2.24) is 4.31 Å². The van der Waals surface area contributed by atoms with Gasteiger partial charge >= 0.3 is 0 Å². The maximum atomic E-state index is 12.8. The minimum absolute atomic E-state index is 0.304. The number of hydrogen-bond acceptors (Lipinski definition) is 3. The lowest BCUT2D eigenvalue weighted by atomic mass is 10.1. The van der Waals surface area contributed by atoms with Crippen molar-refractivity contribution in [1.29, 1.82) is 0 Å². The van der Waals surface area contributed by atoms with E-state index in [-0.39, 0.29) is 0 Å². The summed E-state index contributed by atoms with van der Waals surface area (Å²) in [4.78, 5) is 2.65. The molecule has 1 aliphatic rings. The number of para-hydroxylation sites is 1. The third-order valence-electron chi connectivity index (χ3n) is 4.34. The van der Waals surface area contributed by atoms with E-state index >= 15 is 0 Å². The number of sulfonamides is 1. The fourth-order valence-electron chi connectivity index (χ4n) is 3.04. The lowest BCUT2D eigenvalue weighted by Gasteiger charge is -2.24. The standard InChI is InChI=1S/C18H21BrN2O2S/c1-20(24(22,23)17-9-6-8-16(19)13-17)14-15-7-2-3-10-18(15)21-11-4-5-12-21/h2-3,6-10,13H,4-5,11-12,14H2,1H3. The predicted molar refractivity (Wildman–Crippen MR) is 101 cm³/mol. The highest BCUT2D eigenvalue weighted by Gasteiger charge is 2.23. The first-order chi connectivity index (χ1) is 11.5. The van der Waals surface area contributed by atoms with Crippen LogP contribution >= 0.6 is 15.9 Å². The Morgan fingerprint density at radius 3 is 2.50 bits per heavy atom. The molecule has 1 heterocycles. The van der Waals surface area contributed by atoms with Crippen molar-refractivity contribution in [2.45, 2.75) is 24.3 Å². The molecule has 4 nitrogen and oxygen atoms in total. The minimum Gasteiger partial charge on any atom is -0.371 e. The highest BCUT2D eigenvalue weighted by atomic mass is 79.9. The van der Waals surface area contributed by atoms with Gasteiger partial charge in [0.1, 0.15) is 0 Å². The summed E-state index contributed by atoms with van der Waals surface area (Å²) >= 11 is 3.34. The smallest absolute Gasteiger partial charge is 0.243 e. The van der Waals surface area contributed by atoms with Crippen molar-refractivity contribution in [3.05, 3.63) is 58.6 Å². The quantitative estimate of drug-likeness (QED) is 0.753. The Labute approximate surface area is 152 Å². The van der Waals surface area contributed by atoms with Crippen LogP contribution < -0.4 is 4.90 Å². The van der Waals surface area contributed by atoms with Crippen LogP contribution in [0, 0.1) is 0 Å². The van der Waals surface area contributed by atoms with E-state index in [1.165, 1.54) is 17.1 Å². The van der Waals surface area contributed by atoms with E-state index in [9.17, 15) is 8.42 Å². The monoisotopic (exact) mass is 408 g/mol. The molecule has 0 bridgehead atoms. The molecule has 0 amide bonds. The zero-order chi connectivity index (χ0) is 17.2. The Morgan fingerprint density at radius 1 is 1.08 bits per heavy atom. The van der Waals surface area contributed by atoms with E-state index in [1.807, 2.05) is 24.3 Å². The summed E-state index contributed by atoms with van der Waals surface area (Å²) in [6.45, 7) is 2.44. The topological polar surface area (TPSA) is 40.6 Å². The van der Waals surface area contributed by atoms with Crippen LogP contribution in [0.15, 0.2) is 57.9 Å². The molecule has 0 aliphatic carbocycles. The SMILES string of the molecule is CN(Cc1ccccc1N1CCCC1)S(=O)(=O)c1cccc(Br)c1. The molecule has 1 saturated heterocycles. The van der Waals surface area contributed by atoms with Gasteiger partial charge in [-0.3, -0.25) is 0 Å². The lowest BCUT2D eigenvalue weighted by molar-refractivity contribution is 0.466. The summed E-state index contributed by atoms with van der Waals surface area (Å²) < 4.78 is 27.8. The molecule has 0 radical (unpaired) electrons. The van der Waals surface area contributed by atoms with Crippen molar-refractivity contribution in [3.8, 4) is 0 Å². The molecule has 2 aromatic carbocycles. The summed E-state index contributed by atoms with van der Waals surface area (Å²) in [5, 5.41) is 0. The molecule has 1 aliphatic heterocycles. The van der Waals surface area contributed by atoms with Crippen molar-refractivity contribution in [2.24, 2.45) is 0 Å². The zero-order valence-electron chi connectivity index (χ0n) is 13.7. The largest absolute Gasteiger partial charge is 0.371 e. The first kappa shape index (κ1) is 17.5. The van der Waals surface area contributed by atoms with Crippen LogP contribution in [0.1, 0.15) is 18.4 Å². The third kappa shape index (κ3) is 3.66. The van der Waals surface area contributed by atoms with Gasteiger partial charge in [0, 0.05) is 36.8 Å². The predicted octanol–water partition coefficient (Wildman–Crippen LogP) is 3.87. The molecule has 0 spiro atoms. The molecule has 128 valence electrons. The molecule has 0 unspecified atom stereocenters. The maximum Gasteiger partial charge on any atom is 0.243 e. The van der Waals surface area contributed by atoms with Crippen molar-refractivity contribution < 1.29 is 8.42 Å². The van der Waals surface area contributed by atoms with Crippen LogP contribution in [0.5, 0.6) is 0 Å². The summed E-state index contributed by atoms with van der Waals surface area (Å²) in [6.07, 6.45) is 2.39. The van der Waals surface area contributed by atoms with E-state index in [0.717, 1.165) is 28.8 Å². The Morgan fingerprint density at radius 2 is 1.79 bits per heavy atom. The first-order valence-electron chi connectivity index (χ1n) is 8.03. The number of halogens is 1. The molecule has 0 N–H and O–H groups in total. The van der Waals surface area contributed by atoms with Crippen molar-refractivity contribution in [3.63, 3.8) is 0 Å². The fourth-order valence-corrected chi connectivity index (χ4v) is 4.79. The molecular weight excluding hydrogens is 388 g/mol. The Kier molecular flexibility index (Phi) is 5.27. The van der Waals surface area contributed by atoms with Gasteiger partial charge in [-0.05, 0) is 42.7 Å². The molecule has 2 aromatic rings. The minimum atomic E-state index is -3.52. The van der Waals surface area contributed by atoms with Crippen molar-refractivity contribution in [2.75, 3.05) is 25.0 Å². The van der Waals surface area contributed by atoms with Gasteiger partial charge in [0.05, 0.1) is 4.90 Å². The number of hydrogen-bond donors (Lipinski definition) is 0. The second-order valence-corrected chi connectivity index (χ2v) is 9.00. The molecule has 0 saturated carbocycles.